The van der Waals surface area contributed by atoms with E-state index in [0.29, 0.717) is 18.6 Å². The van der Waals surface area contributed by atoms with Gasteiger partial charge >= 0.3 is 0 Å². The van der Waals surface area contributed by atoms with Gasteiger partial charge in [0.1, 0.15) is 0 Å². The molecule has 1 saturated carbocycles. The molecule has 1 rings (SSSR count). The number of hydrogen-bond donors (Lipinski definition) is 1. The molecule has 58 valence electrons. The van der Waals surface area contributed by atoms with E-state index in [-0.39, 0.29) is 0 Å². The maximum absolute atomic E-state index is 8.66. The average Bonchev–Trinajstić information content (AvgIpc) is 2.68. The highest BCUT2D eigenvalue weighted by Gasteiger charge is 2.35. The molecular weight excluding hydrogens is 126 g/mol. The van der Waals surface area contributed by atoms with Crippen LogP contribution in [0.25, 0.3) is 0 Å². The van der Waals surface area contributed by atoms with E-state index in [4.69, 9.17) is 5.11 Å². The second-order valence-corrected chi connectivity index (χ2v) is 2.87. The molecule has 0 saturated heterocycles. The zero-order chi connectivity index (χ0) is 7.40. The van der Waals surface area contributed by atoms with Crippen molar-refractivity contribution in [2.45, 2.75) is 32.2 Å². The molecule has 0 amide bonds. The Morgan fingerprint density at radius 1 is 1.70 bits per heavy atom. The maximum Gasteiger partial charge on any atom is 0.0550 e. The van der Waals surface area contributed by atoms with E-state index < -0.39 is 0 Å². The minimum absolute atomic E-state index is 0.314. The van der Waals surface area contributed by atoms with Gasteiger partial charge in [0.05, 0.1) is 6.04 Å². The number of nitrogens with zero attached hydrogens (tertiary/aromatic N) is 1. The molecule has 1 fully saturated rings. The van der Waals surface area contributed by atoms with Crippen molar-refractivity contribution in [1.82, 2.24) is 0 Å². The smallest absolute Gasteiger partial charge is 0.0550 e. The van der Waals surface area contributed by atoms with E-state index in [1.165, 1.54) is 6.42 Å². The number of aliphatic hydroxyl groups excluding tert-OH is 1. The zero-order valence-corrected chi connectivity index (χ0v) is 6.45. The summed E-state index contributed by atoms with van der Waals surface area (Å²) < 4.78 is 0. The van der Waals surface area contributed by atoms with E-state index in [0.717, 1.165) is 12.8 Å². The number of aliphatic imine (C=N–C) groups is 1. The zero-order valence-electron chi connectivity index (χ0n) is 6.45. The molecule has 0 aromatic carbocycles. The van der Waals surface area contributed by atoms with Gasteiger partial charge in [0.25, 0.3) is 0 Å². The monoisotopic (exact) mass is 141 g/mol. The van der Waals surface area contributed by atoms with E-state index in [9.17, 15) is 0 Å². The summed E-state index contributed by atoms with van der Waals surface area (Å²) in [6, 6.07) is 0.455. The Morgan fingerprint density at radius 2 is 2.50 bits per heavy atom. The first kappa shape index (κ1) is 7.73. The van der Waals surface area contributed by atoms with Crippen LogP contribution < -0.4 is 0 Å². The molecule has 2 heteroatoms. The van der Waals surface area contributed by atoms with Crippen LogP contribution in [0.1, 0.15) is 26.2 Å². The van der Waals surface area contributed by atoms with Gasteiger partial charge in [-0.3, -0.25) is 4.99 Å². The number of hydrogen-bond acceptors (Lipinski definition) is 2. The van der Waals surface area contributed by atoms with Gasteiger partial charge in [0.2, 0.25) is 0 Å². The molecule has 1 aliphatic carbocycles. The molecule has 0 heterocycles. The van der Waals surface area contributed by atoms with Crippen molar-refractivity contribution in [3.05, 3.63) is 0 Å². The summed E-state index contributed by atoms with van der Waals surface area (Å²) in [5.74, 6) is 0.480. The van der Waals surface area contributed by atoms with Crippen LogP contribution >= 0.6 is 0 Å². The van der Waals surface area contributed by atoms with Gasteiger partial charge in [0, 0.05) is 12.5 Å². The van der Waals surface area contributed by atoms with Crippen LogP contribution in [-0.2, 0) is 0 Å². The third kappa shape index (κ3) is 2.10. The molecule has 2 atom stereocenters. The van der Waals surface area contributed by atoms with Gasteiger partial charge in [-0.25, -0.2) is 0 Å². The third-order valence-corrected chi connectivity index (χ3v) is 1.83. The first-order valence-electron chi connectivity index (χ1n) is 4.01. The lowest BCUT2D eigenvalue weighted by atomic mass is 10.4. The summed E-state index contributed by atoms with van der Waals surface area (Å²) in [6.07, 6.45) is 5.33. The third-order valence-electron chi connectivity index (χ3n) is 1.83. The molecule has 1 N–H and O–H groups in total. The Morgan fingerprint density at radius 3 is 3.00 bits per heavy atom. The molecule has 0 spiro atoms. The van der Waals surface area contributed by atoms with Gasteiger partial charge in [-0.1, -0.05) is 13.3 Å². The van der Waals surface area contributed by atoms with E-state index in [1.54, 1.807) is 0 Å². The number of rotatable bonds is 4. The molecule has 0 aliphatic heterocycles. The van der Waals surface area contributed by atoms with Crippen LogP contribution in [0.5, 0.6) is 0 Å². The summed E-state index contributed by atoms with van der Waals surface area (Å²) in [4.78, 5) is 4.29. The molecule has 0 radical (unpaired) electrons. The number of aliphatic hydroxyl groups is 1. The first-order chi connectivity index (χ1) is 4.88. The molecule has 10 heavy (non-hydrogen) atoms. The SMILES string of the molecule is CCCC=NC1CC1CO. The van der Waals surface area contributed by atoms with Crippen molar-refractivity contribution < 1.29 is 5.11 Å². The molecular formula is C8H15NO. The van der Waals surface area contributed by atoms with Crippen LogP contribution in [0.4, 0.5) is 0 Å². The Hall–Kier alpha value is -0.370. The molecule has 0 bridgehead atoms. The lowest BCUT2D eigenvalue weighted by molar-refractivity contribution is 0.274. The van der Waals surface area contributed by atoms with Crippen molar-refractivity contribution in [2.75, 3.05) is 6.61 Å². The summed E-state index contributed by atoms with van der Waals surface area (Å²) >= 11 is 0. The molecule has 1 aliphatic rings. The maximum atomic E-state index is 8.66. The fourth-order valence-corrected chi connectivity index (χ4v) is 0.949. The molecule has 2 nitrogen and oxygen atoms in total. The average molecular weight is 141 g/mol. The Kier molecular flexibility index (Phi) is 2.87. The van der Waals surface area contributed by atoms with Gasteiger partial charge in [0.15, 0.2) is 0 Å². The molecule has 0 aromatic rings. The largest absolute Gasteiger partial charge is 0.396 e. The summed E-state index contributed by atoms with van der Waals surface area (Å²) in [7, 11) is 0. The minimum atomic E-state index is 0.314. The van der Waals surface area contributed by atoms with Gasteiger partial charge in [-0.05, 0) is 19.1 Å². The van der Waals surface area contributed by atoms with Crippen molar-refractivity contribution in [1.29, 1.82) is 0 Å². The lowest BCUT2D eigenvalue weighted by Crippen LogP contribution is -1.90. The predicted molar refractivity (Wildman–Crippen MR) is 42.4 cm³/mol. The number of unbranched alkanes of at least 4 members (excludes halogenated alkanes) is 1. The highest BCUT2D eigenvalue weighted by atomic mass is 16.3. The van der Waals surface area contributed by atoms with Gasteiger partial charge in [-0.2, -0.15) is 0 Å². The van der Waals surface area contributed by atoms with E-state index >= 15 is 0 Å². The highest BCUT2D eigenvalue weighted by Crippen LogP contribution is 2.32. The van der Waals surface area contributed by atoms with Crippen molar-refractivity contribution in [3.63, 3.8) is 0 Å². The van der Waals surface area contributed by atoms with Crippen LogP contribution in [0.2, 0.25) is 0 Å². The summed E-state index contributed by atoms with van der Waals surface area (Å²) in [5, 5.41) is 8.66. The summed E-state index contributed by atoms with van der Waals surface area (Å²) in [6.45, 7) is 2.45. The van der Waals surface area contributed by atoms with Crippen LogP contribution in [0.15, 0.2) is 4.99 Å². The van der Waals surface area contributed by atoms with Crippen LogP contribution in [-0.4, -0.2) is 24.0 Å². The van der Waals surface area contributed by atoms with E-state index in [1.807, 2.05) is 6.21 Å². The van der Waals surface area contributed by atoms with Gasteiger partial charge < -0.3 is 5.11 Å². The Bertz CT molecular complexity index is 122. The van der Waals surface area contributed by atoms with Crippen LogP contribution in [0.3, 0.4) is 0 Å². The Labute approximate surface area is 62.0 Å². The second kappa shape index (κ2) is 3.71. The van der Waals surface area contributed by atoms with E-state index in [2.05, 4.69) is 11.9 Å². The van der Waals surface area contributed by atoms with Crippen molar-refractivity contribution in [3.8, 4) is 0 Å². The molecule has 2 unspecified atom stereocenters. The molecule has 0 aromatic heterocycles. The fourth-order valence-electron chi connectivity index (χ4n) is 0.949. The topological polar surface area (TPSA) is 32.6 Å². The van der Waals surface area contributed by atoms with Crippen molar-refractivity contribution >= 4 is 6.21 Å². The fraction of sp³-hybridized carbons (Fsp3) is 0.875. The quantitative estimate of drug-likeness (QED) is 0.587. The minimum Gasteiger partial charge on any atom is -0.396 e. The van der Waals surface area contributed by atoms with Crippen molar-refractivity contribution in [2.24, 2.45) is 10.9 Å². The van der Waals surface area contributed by atoms with Gasteiger partial charge in [-0.15, -0.1) is 0 Å². The lowest BCUT2D eigenvalue weighted by Gasteiger charge is -1.86. The highest BCUT2D eigenvalue weighted by molar-refractivity contribution is 5.57. The second-order valence-electron chi connectivity index (χ2n) is 2.87. The first-order valence-corrected chi connectivity index (χ1v) is 4.01. The predicted octanol–water partition coefficient (Wildman–Crippen LogP) is 1.24. The summed E-state index contributed by atoms with van der Waals surface area (Å²) in [5.41, 5.74) is 0. The normalized spacial score (nSPS) is 31.4. The standard InChI is InChI=1S/C8H15NO/c1-2-3-4-9-8-5-7(8)6-10/h4,7-8,10H,2-3,5-6H2,1H3. The Balaban J connectivity index is 2.05. The van der Waals surface area contributed by atoms with Crippen LogP contribution in [0, 0.1) is 5.92 Å².